The number of thiazole rings is 1. The highest BCUT2D eigenvalue weighted by Crippen LogP contribution is 2.28. The molecule has 0 atom stereocenters. The van der Waals surface area contributed by atoms with E-state index in [-0.39, 0.29) is 5.60 Å². The van der Waals surface area contributed by atoms with Gasteiger partial charge in [0.1, 0.15) is 5.60 Å². The van der Waals surface area contributed by atoms with E-state index < -0.39 is 0 Å². The van der Waals surface area contributed by atoms with Gasteiger partial charge in [0.15, 0.2) is 3.92 Å². The Kier molecular flexibility index (Phi) is 6.62. The molecule has 0 saturated heterocycles. The van der Waals surface area contributed by atoms with Gasteiger partial charge in [0, 0.05) is 18.6 Å². The number of aliphatic hydroxyl groups excluding tert-OH is 1. The van der Waals surface area contributed by atoms with Crippen LogP contribution in [0.25, 0.3) is 0 Å². The molecule has 5 heteroatoms. The van der Waals surface area contributed by atoms with Crippen molar-refractivity contribution in [1.29, 1.82) is 0 Å². The van der Waals surface area contributed by atoms with Crippen molar-refractivity contribution < 1.29 is 9.84 Å². The maximum Gasteiger partial charge on any atom is 0.159 e. The highest BCUT2D eigenvalue weighted by molar-refractivity contribution is 9.11. The fraction of sp³-hybridized carbons (Fsp3) is 0.750. The van der Waals surface area contributed by atoms with Crippen LogP contribution in [-0.4, -0.2) is 23.3 Å². The van der Waals surface area contributed by atoms with Crippen molar-refractivity contribution in [3.8, 4) is 0 Å². The number of ether oxygens (including phenoxy) is 1. The van der Waals surface area contributed by atoms with Crippen LogP contribution in [0, 0.1) is 0 Å². The van der Waals surface area contributed by atoms with E-state index in [0.29, 0.717) is 6.61 Å². The molecule has 98 valence electrons. The second-order valence-electron chi connectivity index (χ2n) is 4.48. The summed E-state index contributed by atoms with van der Waals surface area (Å²) in [5.74, 6) is 0. The zero-order valence-corrected chi connectivity index (χ0v) is 12.8. The lowest BCUT2D eigenvalue weighted by atomic mass is 10.1. The average Bonchev–Trinajstić information content (AvgIpc) is 2.71. The van der Waals surface area contributed by atoms with Crippen LogP contribution in [0.5, 0.6) is 0 Å². The molecule has 1 heterocycles. The molecule has 1 aromatic rings. The van der Waals surface area contributed by atoms with Crippen LogP contribution >= 0.6 is 27.3 Å². The maximum absolute atomic E-state index is 8.66. The third kappa shape index (κ3) is 5.46. The van der Waals surface area contributed by atoms with E-state index in [0.717, 1.165) is 41.9 Å². The first-order valence-corrected chi connectivity index (χ1v) is 7.60. The third-order valence-corrected chi connectivity index (χ3v) is 3.97. The van der Waals surface area contributed by atoms with Crippen molar-refractivity contribution in [3.05, 3.63) is 15.0 Å². The number of rotatable bonds is 8. The Hall–Kier alpha value is 0.0300. The maximum atomic E-state index is 8.66. The molecule has 0 aromatic carbocycles. The molecule has 17 heavy (non-hydrogen) atoms. The number of aromatic nitrogens is 1. The van der Waals surface area contributed by atoms with Gasteiger partial charge >= 0.3 is 0 Å². The first kappa shape index (κ1) is 15.1. The lowest BCUT2D eigenvalue weighted by molar-refractivity contribution is -0.0262. The van der Waals surface area contributed by atoms with Crippen molar-refractivity contribution in [2.45, 2.75) is 45.1 Å². The van der Waals surface area contributed by atoms with Gasteiger partial charge in [-0.3, -0.25) is 0 Å². The number of hydrogen-bond acceptors (Lipinski definition) is 4. The highest BCUT2D eigenvalue weighted by Gasteiger charge is 2.23. The van der Waals surface area contributed by atoms with Crippen molar-refractivity contribution in [2.75, 3.05) is 13.2 Å². The van der Waals surface area contributed by atoms with Crippen LogP contribution in [0.4, 0.5) is 0 Å². The molecule has 0 radical (unpaired) electrons. The first-order valence-electron chi connectivity index (χ1n) is 5.92. The number of aliphatic hydroxyl groups is 1. The molecule has 1 N–H and O–H groups in total. The zero-order valence-electron chi connectivity index (χ0n) is 10.4. The Morgan fingerprint density at radius 1 is 1.35 bits per heavy atom. The molecular formula is C12H20BrNO2S. The third-order valence-electron chi connectivity index (χ3n) is 2.61. The minimum absolute atomic E-state index is 0.291. The normalized spacial score (nSPS) is 12.0. The minimum Gasteiger partial charge on any atom is -0.396 e. The van der Waals surface area contributed by atoms with Gasteiger partial charge in [-0.2, -0.15) is 0 Å². The summed E-state index contributed by atoms with van der Waals surface area (Å²) in [5.41, 5.74) is 0.657. The van der Waals surface area contributed by atoms with Crippen molar-refractivity contribution >= 4 is 27.3 Å². The van der Waals surface area contributed by atoms with Crippen LogP contribution in [0.3, 0.4) is 0 Å². The lowest BCUT2D eigenvalue weighted by Crippen LogP contribution is -2.22. The van der Waals surface area contributed by atoms with E-state index in [9.17, 15) is 0 Å². The quantitative estimate of drug-likeness (QED) is 0.742. The Labute approximate surface area is 115 Å². The topological polar surface area (TPSA) is 42.4 Å². The molecule has 0 bridgehead atoms. The summed E-state index contributed by atoms with van der Waals surface area (Å²) in [4.78, 5) is 4.39. The van der Waals surface area contributed by atoms with E-state index in [1.54, 1.807) is 11.3 Å². The molecule has 1 aromatic heterocycles. The van der Waals surface area contributed by atoms with E-state index in [1.807, 2.05) is 19.2 Å². The van der Waals surface area contributed by atoms with Crippen LogP contribution in [0.15, 0.2) is 9.30 Å². The summed E-state index contributed by atoms with van der Waals surface area (Å²) < 4.78 is 6.77. The number of nitrogens with zero attached hydrogens (tertiary/aromatic N) is 1. The van der Waals surface area contributed by atoms with Crippen LogP contribution in [-0.2, 0) is 10.3 Å². The molecule has 0 aliphatic heterocycles. The second kappa shape index (κ2) is 7.46. The van der Waals surface area contributed by atoms with Crippen LogP contribution in [0.1, 0.15) is 45.2 Å². The number of unbranched alkanes of at least 4 members (excludes halogenated alkanes) is 3. The van der Waals surface area contributed by atoms with Gasteiger partial charge in [-0.25, -0.2) is 4.98 Å². The smallest absolute Gasteiger partial charge is 0.159 e. The molecular weight excluding hydrogens is 302 g/mol. The minimum atomic E-state index is -0.320. The largest absolute Gasteiger partial charge is 0.396 e. The van der Waals surface area contributed by atoms with Crippen molar-refractivity contribution in [1.82, 2.24) is 4.98 Å². The van der Waals surface area contributed by atoms with Crippen molar-refractivity contribution in [2.24, 2.45) is 0 Å². The highest BCUT2D eigenvalue weighted by atomic mass is 79.9. The van der Waals surface area contributed by atoms with Crippen LogP contribution in [0.2, 0.25) is 0 Å². The fourth-order valence-corrected chi connectivity index (χ4v) is 2.66. The molecule has 0 fully saturated rings. The number of halogens is 1. The van der Waals surface area contributed by atoms with Gasteiger partial charge in [0.25, 0.3) is 0 Å². The standard InChI is InChI=1S/C12H20BrNO2S/c1-12(2,10-9-17-11(13)14-10)16-8-6-4-3-5-7-15/h9,15H,3-8H2,1-2H3. The Morgan fingerprint density at radius 2 is 2.06 bits per heavy atom. The molecule has 0 amide bonds. The second-order valence-corrected chi connectivity index (χ2v) is 6.62. The van der Waals surface area contributed by atoms with Crippen molar-refractivity contribution in [3.63, 3.8) is 0 Å². The fourth-order valence-electron chi connectivity index (χ4n) is 1.50. The van der Waals surface area contributed by atoms with Gasteiger partial charge in [0.2, 0.25) is 0 Å². The van der Waals surface area contributed by atoms with Gasteiger partial charge in [-0.15, -0.1) is 11.3 Å². The Balaban J connectivity index is 2.25. The number of hydrogen-bond donors (Lipinski definition) is 1. The van der Waals surface area contributed by atoms with Gasteiger partial charge in [-0.05, 0) is 42.6 Å². The molecule has 1 rings (SSSR count). The SMILES string of the molecule is CC(C)(OCCCCCCO)c1csc(Br)n1. The van der Waals surface area contributed by atoms with Gasteiger partial charge in [-0.1, -0.05) is 12.8 Å². The van der Waals surface area contributed by atoms with E-state index in [2.05, 4.69) is 20.9 Å². The Morgan fingerprint density at radius 3 is 2.65 bits per heavy atom. The summed E-state index contributed by atoms with van der Waals surface area (Å²) in [6, 6.07) is 0. The summed E-state index contributed by atoms with van der Waals surface area (Å²) in [5, 5.41) is 10.7. The van der Waals surface area contributed by atoms with E-state index >= 15 is 0 Å². The molecule has 0 spiro atoms. The monoisotopic (exact) mass is 321 g/mol. The molecule has 3 nitrogen and oxygen atoms in total. The van der Waals surface area contributed by atoms with E-state index in [1.165, 1.54) is 0 Å². The molecule has 0 unspecified atom stereocenters. The average molecular weight is 322 g/mol. The Bertz CT molecular complexity index is 328. The molecule has 0 aliphatic carbocycles. The lowest BCUT2D eigenvalue weighted by Gasteiger charge is -2.23. The summed E-state index contributed by atoms with van der Waals surface area (Å²) in [6.45, 7) is 5.12. The predicted molar refractivity (Wildman–Crippen MR) is 74.3 cm³/mol. The van der Waals surface area contributed by atoms with E-state index in [4.69, 9.17) is 9.84 Å². The predicted octanol–water partition coefficient (Wildman–Crippen LogP) is 3.71. The summed E-state index contributed by atoms with van der Waals surface area (Å²) in [6.07, 6.45) is 4.11. The van der Waals surface area contributed by atoms with Gasteiger partial charge in [0.05, 0.1) is 5.69 Å². The zero-order chi connectivity index (χ0) is 12.7. The molecule has 0 saturated carbocycles. The molecule has 0 aliphatic rings. The summed E-state index contributed by atoms with van der Waals surface area (Å²) >= 11 is 4.94. The summed E-state index contributed by atoms with van der Waals surface area (Å²) in [7, 11) is 0. The van der Waals surface area contributed by atoms with Crippen LogP contribution < -0.4 is 0 Å². The first-order chi connectivity index (χ1) is 8.06. The van der Waals surface area contributed by atoms with Gasteiger partial charge < -0.3 is 9.84 Å².